The van der Waals surface area contributed by atoms with Gasteiger partial charge in [-0.3, -0.25) is 18.9 Å². The van der Waals surface area contributed by atoms with E-state index < -0.39 is 54.5 Å². The maximum absolute atomic E-state index is 13.0. The minimum Gasteiger partial charge on any atom is -0.461 e. The molecule has 8 nitrogen and oxygen atoms in total. The second-order valence-electron chi connectivity index (χ2n) is 10.6. The maximum Gasteiger partial charge on any atom is 0.310 e. The number of esters is 3. The summed E-state index contributed by atoms with van der Waals surface area (Å²) in [6.07, 6.45) is -0.843. The summed E-state index contributed by atoms with van der Waals surface area (Å²) in [5, 5.41) is 0. The zero-order valence-corrected chi connectivity index (χ0v) is 22.2. The van der Waals surface area contributed by atoms with Crippen molar-refractivity contribution in [2.24, 2.45) is 11.8 Å². The van der Waals surface area contributed by atoms with Crippen LogP contribution in [-0.4, -0.2) is 46.3 Å². The van der Waals surface area contributed by atoms with Crippen molar-refractivity contribution in [1.29, 1.82) is 0 Å². The fraction of sp³-hybridized carbons (Fsp3) is 0.640. The Labute approximate surface area is 202 Å². The Kier molecular flexibility index (Phi) is 11.0. The summed E-state index contributed by atoms with van der Waals surface area (Å²) in [4.78, 5) is 47.8. The predicted octanol–water partition coefficient (Wildman–Crippen LogP) is 4.72. The van der Waals surface area contributed by atoms with E-state index in [4.69, 9.17) is 14.2 Å². The summed E-state index contributed by atoms with van der Waals surface area (Å²) in [6, 6.07) is 9.11. The molecule has 0 amide bonds. The van der Waals surface area contributed by atoms with Crippen molar-refractivity contribution in [3.8, 4) is 0 Å². The lowest BCUT2D eigenvalue weighted by atomic mass is 10.0. The van der Waals surface area contributed by atoms with Crippen LogP contribution in [0.1, 0.15) is 66.9 Å². The van der Waals surface area contributed by atoms with Crippen LogP contribution in [0.4, 0.5) is 0 Å². The molecule has 0 fully saturated rings. The molecule has 0 saturated carbocycles. The number of rotatable bonds is 11. The SMILES string of the molecule is CC(CP(=O)(O)CC(CCC(=O)OC(C)(C)C)C(=O)OC(C)(C)C)C(=O)OCc1ccccc1. The van der Waals surface area contributed by atoms with Gasteiger partial charge in [0.15, 0.2) is 0 Å². The Morgan fingerprint density at radius 2 is 1.47 bits per heavy atom. The van der Waals surface area contributed by atoms with Gasteiger partial charge >= 0.3 is 17.9 Å². The first-order chi connectivity index (χ1) is 15.5. The molecule has 0 aliphatic rings. The lowest BCUT2D eigenvalue weighted by molar-refractivity contribution is -0.160. The monoisotopic (exact) mass is 498 g/mol. The molecule has 192 valence electrons. The van der Waals surface area contributed by atoms with Crippen LogP contribution in [0, 0.1) is 11.8 Å². The minimum atomic E-state index is -3.93. The molecular weight excluding hydrogens is 459 g/mol. The number of carbonyl (C=O) groups is 3. The first-order valence-electron chi connectivity index (χ1n) is 11.4. The summed E-state index contributed by atoms with van der Waals surface area (Å²) in [6.45, 7) is 11.9. The van der Waals surface area contributed by atoms with Gasteiger partial charge in [-0.25, -0.2) is 0 Å². The van der Waals surface area contributed by atoms with Crippen molar-refractivity contribution in [3.05, 3.63) is 35.9 Å². The minimum absolute atomic E-state index is 0.00120. The van der Waals surface area contributed by atoms with Gasteiger partial charge in [-0.1, -0.05) is 37.3 Å². The topological polar surface area (TPSA) is 116 Å². The number of hydrogen-bond acceptors (Lipinski definition) is 7. The largest absolute Gasteiger partial charge is 0.461 e. The van der Waals surface area contributed by atoms with Crippen molar-refractivity contribution in [3.63, 3.8) is 0 Å². The van der Waals surface area contributed by atoms with Gasteiger partial charge in [0.25, 0.3) is 0 Å². The highest BCUT2D eigenvalue weighted by atomic mass is 31.2. The smallest absolute Gasteiger partial charge is 0.310 e. The number of hydrogen-bond donors (Lipinski definition) is 1. The predicted molar refractivity (Wildman–Crippen MR) is 129 cm³/mol. The third-order valence-electron chi connectivity index (χ3n) is 4.55. The third kappa shape index (κ3) is 12.9. The summed E-state index contributed by atoms with van der Waals surface area (Å²) in [5.41, 5.74) is -0.669. The van der Waals surface area contributed by atoms with E-state index in [1.54, 1.807) is 41.5 Å². The van der Waals surface area contributed by atoms with Gasteiger partial charge < -0.3 is 19.1 Å². The van der Waals surface area contributed by atoms with Crippen molar-refractivity contribution >= 4 is 25.3 Å². The van der Waals surface area contributed by atoms with Crippen molar-refractivity contribution in [2.75, 3.05) is 12.3 Å². The van der Waals surface area contributed by atoms with Crippen LogP contribution in [0.25, 0.3) is 0 Å². The van der Waals surface area contributed by atoms with Crippen LogP contribution in [0.15, 0.2) is 30.3 Å². The van der Waals surface area contributed by atoms with Crippen LogP contribution in [-0.2, 0) is 39.8 Å². The molecule has 1 N–H and O–H groups in total. The zero-order valence-electron chi connectivity index (χ0n) is 21.3. The van der Waals surface area contributed by atoms with E-state index in [-0.39, 0.29) is 25.6 Å². The van der Waals surface area contributed by atoms with Crippen molar-refractivity contribution in [2.45, 2.75) is 79.1 Å². The molecule has 3 atom stereocenters. The second-order valence-corrected chi connectivity index (χ2v) is 13.0. The Hall–Kier alpha value is -2.18. The van der Waals surface area contributed by atoms with E-state index in [9.17, 15) is 23.8 Å². The highest BCUT2D eigenvalue weighted by molar-refractivity contribution is 7.58. The highest BCUT2D eigenvalue weighted by Crippen LogP contribution is 2.45. The highest BCUT2D eigenvalue weighted by Gasteiger charge is 2.35. The quantitative estimate of drug-likeness (QED) is 0.265. The average Bonchev–Trinajstić information content (AvgIpc) is 2.67. The van der Waals surface area contributed by atoms with Crippen LogP contribution >= 0.6 is 7.37 Å². The van der Waals surface area contributed by atoms with Gasteiger partial charge in [-0.15, -0.1) is 0 Å². The Bertz CT molecular complexity index is 867. The summed E-state index contributed by atoms with van der Waals surface area (Å²) >= 11 is 0. The van der Waals surface area contributed by atoms with E-state index >= 15 is 0 Å². The molecule has 9 heteroatoms. The van der Waals surface area contributed by atoms with E-state index in [0.29, 0.717) is 0 Å². The normalized spacial score (nSPS) is 15.5. The third-order valence-corrected chi connectivity index (χ3v) is 6.68. The molecule has 0 saturated heterocycles. The Balaban J connectivity index is 2.79. The van der Waals surface area contributed by atoms with Gasteiger partial charge in [0.1, 0.15) is 17.8 Å². The lowest BCUT2D eigenvalue weighted by Gasteiger charge is -2.26. The van der Waals surface area contributed by atoms with Crippen LogP contribution in [0.2, 0.25) is 0 Å². The first kappa shape index (κ1) is 29.9. The maximum atomic E-state index is 13.0. The molecule has 0 heterocycles. The van der Waals surface area contributed by atoms with Gasteiger partial charge in [-0.05, 0) is 53.5 Å². The molecule has 0 bridgehead atoms. The van der Waals surface area contributed by atoms with E-state index in [0.717, 1.165) is 5.56 Å². The molecule has 0 spiro atoms. The second kappa shape index (κ2) is 12.5. The number of carbonyl (C=O) groups excluding carboxylic acids is 3. The average molecular weight is 499 g/mol. The molecule has 0 aliphatic carbocycles. The van der Waals surface area contributed by atoms with Crippen LogP contribution < -0.4 is 0 Å². The molecule has 1 aromatic carbocycles. The fourth-order valence-corrected chi connectivity index (χ4v) is 5.32. The van der Waals surface area contributed by atoms with Crippen molar-refractivity contribution < 1.29 is 38.1 Å². The van der Waals surface area contributed by atoms with Crippen LogP contribution in [0.5, 0.6) is 0 Å². The van der Waals surface area contributed by atoms with Gasteiger partial charge in [0, 0.05) is 18.7 Å². The summed E-state index contributed by atoms with van der Waals surface area (Å²) < 4.78 is 28.9. The fourth-order valence-electron chi connectivity index (χ4n) is 3.15. The molecule has 0 aromatic heterocycles. The van der Waals surface area contributed by atoms with E-state index in [2.05, 4.69) is 0 Å². The van der Waals surface area contributed by atoms with Crippen molar-refractivity contribution in [1.82, 2.24) is 0 Å². The van der Waals surface area contributed by atoms with E-state index in [1.165, 1.54) is 6.92 Å². The molecule has 1 rings (SSSR count). The molecule has 34 heavy (non-hydrogen) atoms. The lowest BCUT2D eigenvalue weighted by Crippen LogP contribution is -2.32. The summed E-state index contributed by atoms with van der Waals surface area (Å²) in [7, 11) is -3.93. The number of benzene rings is 1. The summed E-state index contributed by atoms with van der Waals surface area (Å²) in [5.74, 6) is -3.60. The van der Waals surface area contributed by atoms with Gasteiger partial charge in [-0.2, -0.15) is 0 Å². The van der Waals surface area contributed by atoms with E-state index in [1.807, 2.05) is 30.3 Å². The Morgan fingerprint density at radius 1 is 0.912 bits per heavy atom. The molecular formula is C25H39O8P. The van der Waals surface area contributed by atoms with Gasteiger partial charge in [0.2, 0.25) is 7.37 Å². The Morgan fingerprint density at radius 3 is 2.00 bits per heavy atom. The molecule has 0 aliphatic heterocycles. The van der Waals surface area contributed by atoms with Gasteiger partial charge in [0.05, 0.1) is 11.8 Å². The number of ether oxygens (including phenoxy) is 3. The first-order valence-corrected chi connectivity index (χ1v) is 13.5. The molecule has 1 aromatic rings. The molecule has 3 unspecified atom stereocenters. The molecule has 0 radical (unpaired) electrons. The van der Waals surface area contributed by atoms with Crippen LogP contribution in [0.3, 0.4) is 0 Å². The zero-order chi connectivity index (χ0) is 26.2. The standard InChI is InChI=1S/C25H39O8P/c1-18(22(27)31-15-19-11-9-8-10-12-19)16-34(29,30)17-20(23(28)33-25(5,6)7)13-14-21(26)32-24(2,3)4/h8-12,18,20H,13-17H2,1-7H3,(H,29,30).